The number of rotatable bonds is 2. The molecule has 0 fully saturated rings. The van der Waals surface area contributed by atoms with Crippen LogP contribution in [0.15, 0.2) is 40.3 Å². The Morgan fingerprint density at radius 3 is 2.17 bits per heavy atom. The van der Waals surface area contributed by atoms with Crippen LogP contribution in [0.3, 0.4) is 0 Å². The molecule has 0 atom stereocenters. The molecule has 0 saturated heterocycles. The Bertz CT molecular complexity index is 928. The van der Waals surface area contributed by atoms with Crippen LogP contribution in [0.5, 0.6) is 0 Å². The first kappa shape index (κ1) is 17.2. The van der Waals surface area contributed by atoms with Gasteiger partial charge in [-0.25, -0.2) is 17.8 Å². The fourth-order valence-corrected chi connectivity index (χ4v) is 3.35. The van der Waals surface area contributed by atoms with Crippen LogP contribution in [-0.4, -0.2) is 22.9 Å². The van der Waals surface area contributed by atoms with Gasteiger partial charge in [0.05, 0.1) is 4.90 Å². The van der Waals surface area contributed by atoms with E-state index in [2.05, 4.69) is 0 Å². The Balaban J connectivity index is 2.59. The molecule has 1 aromatic heterocycles. The maximum absolute atomic E-state index is 12.6. The minimum atomic E-state index is -4.04. The highest BCUT2D eigenvalue weighted by atomic mass is 32.2. The molecule has 7 heteroatoms. The van der Waals surface area contributed by atoms with Crippen molar-refractivity contribution in [1.82, 2.24) is 8.54 Å². The summed E-state index contributed by atoms with van der Waals surface area (Å²) in [5.74, 6) is -0.462. The van der Waals surface area contributed by atoms with Crippen molar-refractivity contribution in [3.63, 3.8) is 0 Å². The van der Waals surface area contributed by atoms with Crippen molar-refractivity contribution >= 4 is 15.9 Å². The topological polar surface area (TPSA) is 78.1 Å². The summed E-state index contributed by atoms with van der Waals surface area (Å²) in [6, 6.07) is 4.65. The number of aryl methyl sites for hydroxylation is 2. The number of hydrogen-bond donors (Lipinski definition) is 0. The predicted octanol–water partition coefficient (Wildman–Crippen LogP) is 2.19. The summed E-state index contributed by atoms with van der Waals surface area (Å²) < 4.78 is 26.7. The number of benzene rings is 1. The Kier molecular flexibility index (Phi) is 4.11. The van der Waals surface area contributed by atoms with E-state index in [1.807, 2.05) is 6.92 Å². The zero-order valence-electron chi connectivity index (χ0n) is 13.8. The van der Waals surface area contributed by atoms with Crippen molar-refractivity contribution in [2.75, 3.05) is 0 Å². The zero-order valence-corrected chi connectivity index (χ0v) is 14.6. The van der Waals surface area contributed by atoms with Gasteiger partial charge >= 0.3 is 5.69 Å². The minimum absolute atomic E-state index is 0.0173. The maximum Gasteiger partial charge on any atom is 0.349 e. The van der Waals surface area contributed by atoms with Gasteiger partial charge in [-0.1, -0.05) is 26.8 Å². The second kappa shape index (κ2) is 5.49. The van der Waals surface area contributed by atoms with Crippen molar-refractivity contribution in [1.29, 1.82) is 0 Å². The van der Waals surface area contributed by atoms with Crippen LogP contribution in [-0.2, 0) is 10.0 Å². The summed E-state index contributed by atoms with van der Waals surface area (Å²) >= 11 is 0. The van der Waals surface area contributed by atoms with Crippen LogP contribution in [0, 0.1) is 19.3 Å². The largest absolute Gasteiger partial charge is 0.349 e. The lowest BCUT2D eigenvalue weighted by Gasteiger charge is -2.15. The third-order valence-corrected chi connectivity index (χ3v) is 5.29. The van der Waals surface area contributed by atoms with E-state index < -0.39 is 27.0 Å². The van der Waals surface area contributed by atoms with Gasteiger partial charge in [0.1, 0.15) is 0 Å². The van der Waals surface area contributed by atoms with Gasteiger partial charge < -0.3 is 0 Å². The van der Waals surface area contributed by atoms with E-state index in [-0.39, 0.29) is 4.90 Å². The molecular formula is C16H20N2O4S. The molecule has 124 valence electrons. The van der Waals surface area contributed by atoms with Gasteiger partial charge in [0.15, 0.2) is 0 Å². The lowest BCUT2D eigenvalue weighted by molar-refractivity contribution is 0.0762. The summed E-state index contributed by atoms with van der Waals surface area (Å²) in [6.07, 6.45) is 2.30. The first-order valence-electron chi connectivity index (χ1n) is 7.14. The van der Waals surface area contributed by atoms with Gasteiger partial charge in [-0.3, -0.25) is 4.79 Å². The molecule has 0 aliphatic heterocycles. The normalized spacial score (nSPS) is 12.4. The smallest absolute Gasteiger partial charge is 0.273 e. The second-order valence-electron chi connectivity index (χ2n) is 6.55. The van der Waals surface area contributed by atoms with E-state index in [1.54, 1.807) is 33.8 Å². The third-order valence-electron chi connectivity index (χ3n) is 3.64. The maximum atomic E-state index is 12.6. The average molecular weight is 336 g/mol. The number of hydrogen-bond acceptors (Lipinski definition) is 4. The number of aromatic nitrogens is 2. The van der Waals surface area contributed by atoms with E-state index in [1.165, 1.54) is 18.3 Å². The molecule has 0 amide bonds. The van der Waals surface area contributed by atoms with Crippen LogP contribution in [0.4, 0.5) is 0 Å². The van der Waals surface area contributed by atoms with Crippen LogP contribution >= 0.6 is 0 Å². The number of carbonyl (C=O) groups excluding carboxylic acids is 1. The number of carbonyl (C=O) groups is 1. The molecular weight excluding hydrogens is 316 g/mol. The Morgan fingerprint density at radius 2 is 1.65 bits per heavy atom. The molecule has 6 nitrogen and oxygen atoms in total. The zero-order chi connectivity index (χ0) is 17.6. The highest BCUT2D eigenvalue weighted by Gasteiger charge is 2.28. The quantitative estimate of drug-likeness (QED) is 0.842. The predicted molar refractivity (Wildman–Crippen MR) is 87.3 cm³/mol. The van der Waals surface area contributed by atoms with Crippen molar-refractivity contribution in [3.8, 4) is 0 Å². The molecule has 0 bridgehead atoms. The lowest BCUT2D eigenvalue weighted by atomic mass is 9.96. The van der Waals surface area contributed by atoms with E-state index in [0.29, 0.717) is 3.97 Å². The number of nitrogens with zero attached hydrogens (tertiary/aromatic N) is 2. The summed E-state index contributed by atoms with van der Waals surface area (Å²) in [5, 5.41) is 0. The minimum Gasteiger partial charge on any atom is -0.273 e. The van der Waals surface area contributed by atoms with Crippen molar-refractivity contribution < 1.29 is 13.2 Å². The van der Waals surface area contributed by atoms with E-state index in [9.17, 15) is 18.0 Å². The van der Waals surface area contributed by atoms with Crippen LogP contribution in [0.2, 0.25) is 0 Å². The molecule has 23 heavy (non-hydrogen) atoms. The van der Waals surface area contributed by atoms with E-state index >= 15 is 0 Å². The molecule has 1 aromatic carbocycles. The van der Waals surface area contributed by atoms with Gasteiger partial charge in [0, 0.05) is 17.8 Å². The van der Waals surface area contributed by atoms with Gasteiger partial charge in [-0.15, -0.1) is 0 Å². The fraction of sp³-hybridized carbons (Fsp3) is 0.375. The van der Waals surface area contributed by atoms with Crippen molar-refractivity contribution in [2.24, 2.45) is 5.41 Å². The van der Waals surface area contributed by atoms with Crippen LogP contribution in [0.1, 0.15) is 36.7 Å². The standard InChI is InChI=1S/C16H20N2O4S/c1-11-6-7-13(10-12(11)2)23(21,22)18-9-8-17(15(18)20)14(19)16(3,4)5/h6-10H,1-5H3. The average Bonchev–Trinajstić information content (AvgIpc) is 2.82. The monoisotopic (exact) mass is 336 g/mol. The highest BCUT2D eigenvalue weighted by molar-refractivity contribution is 7.90. The van der Waals surface area contributed by atoms with E-state index in [4.69, 9.17) is 0 Å². The molecule has 0 aliphatic rings. The third kappa shape index (κ3) is 3.01. The van der Waals surface area contributed by atoms with Gasteiger partial charge in [-0.05, 0) is 37.1 Å². The molecule has 1 heterocycles. The Hall–Kier alpha value is -2.15. The van der Waals surface area contributed by atoms with Gasteiger partial charge in [0.2, 0.25) is 5.91 Å². The molecule has 2 aromatic rings. The lowest BCUT2D eigenvalue weighted by Crippen LogP contribution is -2.37. The molecule has 0 saturated carbocycles. The highest BCUT2D eigenvalue weighted by Crippen LogP contribution is 2.18. The van der Waals surface area contributed by atoms with Gasteiger partial charge in [0.25, 0.3) is 10.0 Å². The van der Waals surface area contributed by atoms with Gasteiger partial charge in [-0.2, -0.15) is 3.97 Å². The Labute approximate surface area is 135 Å². The SMILES string of the molecule is Cc1ccc(S(=O)(=O)n2ccn(C(=O)C(C)(C)C)c2=O)cc1C. The van der Waals surface area contributed by atoms with Crippen LogP contribution in [0.25, 0.3) is 0 Å². The summed E-state index contributed by atoms with van der Waals surface area (Å²) in [4.78, 5) is 24.6. The Morgan fingerprint density at radius 1 is 1.04 bits per heavy atom. The second-order valence-corrected chi connectivity index (χ2v) is 8.37. The molecule has 0 radical (unpaired) electrons. The molecule has 0 spiro atoms. The molecule has 0 aliphatic carbocycles. The number of imidazole rings is 1. The van der Waals surface area contributed by atoms with E-state index in [0.717, 1.165) is 21.9 Å². The molecule has 0 unspecified atom stereocenters. The summed E-state index contributed by atoms with van der Waals surface area (Å²) in [6.45, 7) is 8.66. The van der Waals surface area contributed by atoms with Crippen LogP contribution < -0.4 is 5.69 Å². The first-order chi connectivity index (χ1) is 10.5. The molecule has 0 N–H and O–H groups in total. The first-order valence-corrected chi connectivity index (χ1v) is 8.58. The van der Waals surface area contributed by atoms with Crippen molar-refractivity contribution in [2.45, 2.75) is 39.5 Å². The fourth-order valence-electron chi connectivity index (χ4n) is 2.05. The van der Waals surface area contributed by atoms with Crippen molar-refractivity contribution in [3.05, 3.63) is 52.2 Å². The summed E-state index contributed by atoms with van der Waals surface area (Å²) in [5.41, 5.74) is 0.0875. The summed E-state index contributed by atoms with van der Waals surface area (Å²) in [7, 11) is -4.04. The molecule has 2 rings (SSSR count).